The zero-order valence-electron chi connectivity index (χ0n) is 67.4. The summed E-state index contributed by atoms with van der Waals surface area (Å²) in [6, 6.07) is 32.1. The normalized spacial score (nSPS) is 18.4. The van der Waals surface area contributed by atoms with E-state index in [4.69, 9.17) is 19.7 Å². The van der Waals surface area contributed by atoms with Crippen LogP contribution in [0.4, 0.5) is 121 Å². The topological polar surface area (TPSA) is 335 Å². The number of aryl methyl sites for hydroxylation is 2. The van der Waals surface area contributed by atoms with E-state index in [0.717, 1.165) is 170 Å². The number of amides is 8. The molecule has 5 fully saturated rings. The Kier molecular flexibility index (Phi) is 21.6. The molecule has 4 N–H and O–H groups in total. The predicted molar refractivity (Wildman–Crippen MR) is 455 cm³/mol. The Bertz CT molecular complexity index is 6010. The maximum atomic E-state index is 13.6. The van der Waals surface area contributed by atoms with E-state index in [0.29, 0.717) is 77.8 Å². The van der Waals surface area contributed by atoms with Crippen molar-refractivity contribution in [2.24, 2.45) is 0 Å². The zero-order valence-corrected chi connectivity index (χ0v) is 67.4. The molecule has 9 aliphatic rings. The highest BCUT2D eigenvalue weighted by atomic mass is 19.4. The van der Waals surface area contributed by atoms with Crippen molar-refractivity contribution < 1.29 is 50.3 Å². The molecule has 5 saturated heterocycles. The molecule has 124 heavy (non-hydrogen) atoms. The molecular formula is C86H81F6N27O5. The van der Waals surface area contributed by atoms with Crippen molar-refractivity contribution in [3.05, 3.63) is 213 Å². The van der Waals surface area contributed by atoms with Gasteiger partial charge in [0.15, 0.2) is 46.4 Å². The number of ether oxygens (including phenoxy) is 1. The van der Waals surface area contributed by atoms with Crippen molar-refractivity contribution in [1.82, 2.24) is 69.8 Å². The molecule has 38 heteroatoms. The van der Waals surface area contributed by atoms with E-state index in [2.05, 4.69) is 133 Å². The summed E-state index contributed by atoms with van der Waals surface area (Å²) in [6.07, 6.45) is 13.1. The average molecular weight is 1690 g/mol. The molecule has 32 nitrogen and oxygen atoms in total. The number of urea groups is 4. The van der Waals surface area contributed by atoms with Crippen molar-refractivity contribution in [2.75, 3.05) is 137 Å². The molecule has 0 spiro atoms. The smallest absolute Gasteiger partial charge is 0.372 e. The van der Waals surface area contributed by atoms with Gasteiger partial charge in [-0.05, 0) is 150 Å². The number of anilines is 13. The molecule has 8 bridgehead atoms. The number of morpholine rings is 1. The molecule has 0 aliphatic carbocycles. The van der Waals surface area contributed by atoms with Crippen LogP contribution in [0.15, 0.2) is 190 Å². The van der Waals surface area contributed by atoms with Gasteiger partial charge in [-0.15, -0.1) is 0 Å². The number of nitrogens with one attached hydrogen (secondary N) is 4. The maximum absolute atomic E-state index is 13.6. The Morgan fingerprint density at radius 3 is 1.34 bits per heavy atom. The first kappa shape index (κ1) is 80.6. The summed E-state index contributed by atoms with van der Waals surface area (Å²) in [4.78, 5) is 130. The summed E-state index contributed by atoms with van der Waals surface area (Å²) >= 11 is 0. The number of fused-ring (bicyclic) bond motifs is 17. The van der Waals surface area contributed by atoms with Crippen LogP contribution in [0.2, 0.25) is 0 Å². The van der Waals surface area contributed by atoms with Crippen molar-refractivity contribution in [3.63, 3.8) is 0 Å². The number of rotatable bonds is 8. The average Bonchev–Trinajstić information content (AvgIpc) is 1.56. The van der Waals surface area contributed by atoms with Gasteiger partial charge in [-0.25, -0.2) is 59.0 Å². The van der Waals surface area contributed by atoms with Crippen LogP contribution in [0.3, 0.4) is 0 Å². The van der Waals surface area contributed by atoms with E-state index in [1.165, 1.54) is 24.7 Å². The number of halogens is 6. The summed E-state index contributed by atoms with van der Waals surface area (Å²) < 4.78 is 82.5. The molecule has 4 atom stereocenters. The Morgan fingerprint density at radius 1 is 0.403 bits per heavy atom. The highest BCUT2D eigenvalue weighted by Gasteiger charge is 2.46. The van der Waals surface area contributed by atoms with Crippen LogP contribution in [-0.4, -0.2) is 196 Å². The first-order valence-corrected chi connectivity index (χ1v) is 40.3. The predicted octanol–water partition coefficient (Wildman–Crippen LogP) is 14.2. The minimum Gasteiger partial charge on any atom is -0.372 e. The molecular weight excluding hydrogens is 1610 g/mol. The standard InChI is InChI=1S/C25H22N6O.C21H18F3N7O.C20H16F3N7O.C20H25N7O2/c1-16-5-6-18(14-27-16)21-7-8-23-24(28-21)31(19-10-12-30(23)15-19)25(32)29-22-4-2-3-17-13-26-11-9-20(17)22;1-12-8-13(4-6-25-12)15-2-3-16-19(28-15)31(14-5-7-30(16)11-14)20(32)29-18-10-26-17(9-27-18)21(22,23)24;21-20(22,23)16-4-1-12(9-26-16)14-2-3-15-18(27-14)30(13-5-8-29(15)11-13)19(31)28-17-10-24-6-7-25-17;1-20(2)13-26(9-10-29-20)17-4-3-15-18(24-17)27(14-5-8-25(15)12-14)19(28)23-16-11-21-6-7-22-16/h2-9,11,13-14,19H,10,12,15H2,1H3,(H,29,32);2-4,6,8-10,14H,5,7,11H2,1H3,(H,27,29,32);1-4,6-7,9-10,13H,5,8,11H2,(H,25,28,31);3-4,6-7,11,14H,5,8-10,12-13H2,1-2H3,(H,22,23,28)/t19-;14-;13-;14-/m0000/s1. The van der Waals surface area contributed by atoms with E-state index >= 15 is 0 Å². The summed E-state index contributed by atoms with van der Waals surface area (Å²) in [5, 5.41) is 13.3. The molecule has 20 heterocycles. The highest BCUT2D eigenvalue weighted by Crippen LogP contribution is 2.46. The number of nitrogens with zero attached hydrogens (tertiary/aromatic N) is 23. The van der Waals surface area contributed by atoms with Crippen molar-refractivity contribution >= 4 is 110 Å². The number of benzene rings is 1. The first-order valence-electron chi connectivity index (χ1n) is 40.3. The van der Waals surface area contributed by atoms with E-state index in [9.17, 15) is 45.5 Å². The summed E-state index contributed by atoms with van der Waals surface area (Å²) in [5.41, 5.74) is 8.09. The number of alkyl halides is 6. The molecule has 12 aromatic rings. The maximum Gasteiger partial charge on any atom is 0.434 e. The molecule has 632 valence electrons. The summed E-state index contributed by atoms with van der Waals surface area (Å²) in [6.45, 7) is 16.7. The molecule has 1 aromatic carbocycles. The molecule has 9 aliphatic heterocycles. The van der Waals surface area contributed by atoms with Crippen molar-refractivity contribution in [2.45, 2.75) is 95.5 Å². The molecule has 21 rings (SSSR count). The summed E-state index contributed by atoms with van der Waals surface area (Å²) in [7, 11) is 0. The fourth-order valence-corrected chi connectivity index (χ4v) is 17.0. The van der Waals surface area contributed by atoms with Crippen molar-refractivity contribution in [3.8, 4) is 33.8 Å². The third-order valence-corrected chi connectivity index (χ3v) is 22.9. The van der Waals surface area contributed by atoms with Crippen LogP contribution in [0.5, 0.6) is 0 Å². The second-order valence-electron chi connectivity index (χ2n) is 31.6. The Balaban J connectivity index is 0.000000113. The number of hydrogen-bond acceptors (Lipinski definition) is 24. The minimum atomic E-state index is -4.60. The van der Waals surface area contributed by atoms with Gasteiger partial charge in [0.2, 0.25) is 0 Å². The van der Waals surface area contributed by atoms with Gasteiger partial charge in [0.05, 0.1) is 107 Å². The minimum absolute atomic E-state index is 0.0640. The fraction of sp³-hybridized carbons (Fsp3) is 0.302. The van der Waals surface area contributed by atoms with E-state index in [1.54, 1.807) is 57.9 Å². The third-order valence-electron chi connectivity index (χ3n) is 22.9. The van der Waals surface area contributed by atoms with Gasteiger partial charge in [0.25, 0.3) is 0 Å². The van der Waals surface area contributed by atoms with Crippen LogP contribution >= 0.6 is 0 Å². The van der Waals surface area contributed by atoms with Gasteiger partial charge < -0.3 is 34.6 Å². The lowest BCUT2D eigenvalue weighted by Gasteiger charge is -2.40. The van der Waals surface area contributed by atoms with Gasteiger partial charge in [-0.3, -0.25) is 65.5 Å². The van der Waals surface area contributed by atoms with Gasteiger partial charge in [-0.1, -0.05) is 12.1 Å². The summed E-state index contributed by atoms with van der Waals surface area (Å²) in [5.74, 6) is 3.93. The monoisotopic (exact) mass is 1690 g/mol. The lowest BCUT2D eigenvalue weighted by Crippen LogP contribution is -2.50. The van der Waals surface area contributed by atoms with Crippen LogP contribution in [0.1, 0.15) is 62.3 Å². The van der Waals surface area contributed by atoms with Gasteiger partial charge >= 0.3 is 36.5 Å². The number of hydrogen-bond donors (Lipinski definition) is 4. The molecule has 0 saturated carbocycles. The number of carbonyl (C=O) groups is 4. The van der Waals surface area contributed by atoms with Gasteiger partial charge in [0.1, 0.15) is 11.5 Å². The molecule has 11 aromatic heterocycles. The van der Waals surface area contributed by atoms with Gasteiger partial charge in [-0.2, -0.15) is 26.3 Å². The lowest BCUT2D eigenvalue weighted by molar-refractivity contribution is -0.142. The molecule has 0 unspecified atom stereocenters. The second kappa shape index (κ2) is 33.2. The van der Waals surface area contributed by atoms with Crippen LogP contribution in [-0.2, 0) is 17.1 Å². The largest absolute Gasteiger partial charge is 0.434 e. The number of carbonyl (C=O) groups excluding carboxylic acids is 4. The first-order chi connectivity index (χ1) is 59.9. The number of aromatic nitrogens is 14. The Morgan fingerprint density at radius 2 is 0.879 bits per heavy atom. The Hall–Kier alpha value is -14.5. The van der Waals surface area contributed by atoms with Gasteiger partial charge in [0, 0.05) is 160 Å². The fourth-order valence-electron chi connectivity index (χ4n) is 17.0. The van der Waals surface area contributed by atoms with Crippen LogP contribution in [0, 0.1) is 13.8 Å². The second-order valence-corrected chi connectivity index (χ2v) is 31.6. The van der Waals surface area contributed by atoms with Crippen LogP contribution < -0.4 is 65.4 Å². The molecule has 0 radical (unpaired) electrons. The SMILES string of the molecule is CC1(C)CN(c2ccc3c(n2)N(C(=O)Nc2cnccn2)[C@H]2CCN3C2)CCO1.Cc1cc(-c2ccc3c(n2)N(C(=O)Nc2cnc(C(F)(F)F)cn2)[C@H]2CCN3C2)ccn1.Cc1ccc(-c2ccc3c(n2)N(C(=O)Nc2cccc4cnccc24)[C@H]2CCN3C2)cn1.O=C(Nc1cnccn1)N1c2nc(-c3ccc(C(F)(F)F)nc3)ccc2N2CC[C@H]1C2. The van der Waals surface area contributed by atoms with E-state index in [-0.39, 0.29) is 53.7 Å². The highest BCUT2D eigenvalue weighted by molar-refractivity contribution is 6.10. The number of pyridine rings is 8. The lowest BCUT2D eigenvalue weighted by atomic mass is 10.1. The van der Waals surface area contributed by atoms with Crippen LogP contribution in [0.25, 0.3) is 44.5 Å². The van der Waals surface area contributed by atoms with Crippen molar-refractivity contribution in [1.29, 1.82) is 0 Å². The third kappa shape index (κ3) is 16.7. The molecule has 8 amide bonds. The zero-order chi connectivity index (χ0) is 85.7. The van der Waals surface area contributed by atoms with E-state index in [1.807, 2.05) is 97.7 Å². The van der Waals surface area contributed by atoms with E-state index < -0.39 is 29.8 Å². The quantitative estimate of drug-likeness (QED) is 0.103. The Labute approximate surface area is 705 Å².